The van der Waals surface area contributed by atoms with E-state index in [0.29, 0.717) is 17.9 Å². The fourth-order valence-electron chi connectivity index (χ4n) is 3.81. The smallest absolute Gasteiger partial charge is 0.408 e. The maximum absolute atomic E-state index is 13.5. The van der Waals surface area contributed by atoms with Crippen LogP contribution in [0.25, 0.3) is 0 Å². The van der Waals surface area contributed by atoms with Crippen molar-refractivity contribution in [3.8, 4) is 11.5 Å². The lowest BCUT2D eigenvalue weighted by Crippen LogP contribution is -2.54. The summed E-state index contributed by atoms with van der Waals surface area (Å²) in [5.41, 5.74) is 0.509. The van der Waals surface area contributed by atoms with Crippen molar-refractivity contribution < 1.29 is 33.3 Å². The lowest BCUT2D eigenvalue weighted by molar-refractivity contribution is -0.149. The molecule has 0 saturated carbocycles. The Bertz CT molecular complexity index is 1100. The van der Waals surface area contributed by atoms with Gasteiger partial charge in [-0.05, 0) is 55.9 Å². The minimum atomic E-state index is -1.03. The molecular formula is C30H42N2O7. The minimum Gasteiger partial charge on any atom is -0.493 e. The summed E-state index contributed by atoms with van der Waals surface area (Å²) in [6, 6.07) is 12.6. The number of methoxy groups -OCH3 is 2. The van der Waals surface area contributed by atoms with Crippen LogP contribution in [0.15, 0.2) is 48.5 Å². The molecule has 2 amide bonds. The van der Waals surface area contributed by atoms with E-state index < -0.39 is 35.7 Å². The Labute approximate surface area is 231 Å². The molecule has 0 aliphatic rings. The maximum atomic E-state index is 13.5. The highest BCUT2D eigenvalue weighted by Crippen LogP contribution is 2.28. The fraction of sp³-hybridized carbons (Fsp3) is 0.500. The van der Waals surface area contributed by atoms with Crippen LogP contribution >= 0.6 is 0 Å². The lowest BCUT2D eigenvalue weighted by Gasteiger charge is -2.29. The molecule has 2 aromatic rings. The molecule has 0 unspecified atom stereocenters. The number of hydrogen-bond donors (Lipinski definition) is 2. The van der Waals surface area contributed by atoms with Gasteiger partial charge in [0.05, 0.1) is 14.2 Å². The first-order valence-corrected chi connectivity index (χ1v) is 12.9. The summed E-state index contributed by atoms with van der Waals surface area (Å²) in [7, 11) is 3.06. The molecule has 0 bridgehead atoms. The highest BCUT2D eigenvalue weighted by atomic mass is 16.6. The van der Waals surface area contributed by atoms with Crippen LogP contribution in [0.1, 0.15) is 59.1 Å². The Morgan fingerprint density at radius 1 is 0.795 bits per heavy atom. The molecular weight excluding hydrogens is 500 g/mol. The second-order valence-electron chi connectivity index (χ2n) is 11.5. The fourth-order valence-corrected chi connectivity index (χ4v) is 3.81. The first-order chi connectivity index (χ1) is 18.2. The summed E-state index contributed by atoms with van der Waals surface area (Å²) in [5, 5.41) is 5.47. The van der Waals surface area contributed by atoms with E-state index in [4.69, 9.17) is 18.9 Å². The molecule has 9 nitrogen and oxygen atoms in total. The molecule has 214 valence electrons. The van der Waals surface area contributed by atoms with Gasteiger partial charge in [-0.15, -0.1) is 0 Å². The Kier molecular flexibility index (Phi) is 11.2. The van der Waals surface area contributed by atoms with Crippen molar-refractivity contribution in [2.45, 2.75) is 78.7 Å². The molecule has 0 radical (unpaired) electrons. The summed E-state index contributed by atoms with van der Waals surface area (Å²) >= 11 is 0. The van der Waals surface area contributed by atoms with E-state index in [-0.39, 0.29) is 18.4 Å². The third-order valence-electron chi connectivity index (χ3n) is 5.54. The van der Waals surface area contributed by atoms with E-state index in [2.05, 4.69) is 10.6 Å². The highest BCUT2D eigenvalue weighted by Gasteiger charge is 2.32. The lowest BCUT2D eigenvalue weighted by atomic mass is 9.87. The van der Waals surface area contributed by atoms with Gasteiger partial charge >= 0.3 is 12.1 Å². The second-order valence-corrected chi connectivity index (χ2v) is 11.5. The summed E-state index contributed by atoms with van der Waals surface area (Å²) < 4.78 is 21.6. The summed E-state index contributed by atoms with van der Waals surface area (Å²) in [6.45, 7) is 11.2. The van der Waals surface area contributed by atoms with Gasteiger partial charge in [-0.25, -0.2) is 9.59 Å². The van der Waals surface area contributed by atoms with Crippen LogP contribution in [0.4, 0.5) is 4.79 Å². The zero-order valence-electron chi connectivity index (χ0n) is 24.3. The van der Waals surface area contributed by atoms with Crippen LogP contribution in [0.5, 0.6) is 11.5 Å². The Morgan fingerprint density at radius 3 is 2.00 bits per heavy atom. The first kappa shape index (κ1) is 31.5. The van der Waals surface area contributed by atoms with Crippen LogP contribution < -0.4 is 20.1 Å². The standard InChI is InChI=1S/C30H42N2O7/c1-29(2,3)18-23(32-28(35)39-30(4,5)6)26(33)31-22(27(34)38-19-20-12-10-9-11-13-20)16-21-14-15-24(36-7)25(17-21)37-8/h9-15,17,22-23H,16,18-19H2,1-8H3,(H,31,33)(H,32,35)/t22-,23+/m0/s1. The number of ether oxygens (including phenoxy) is 4. The molecule has 9 heteroatoms. The number of amides is 2. The van der Waals surface area contributed by atoms with E-state index >= 15 is 0 Å². The Balaban J connectivity index is 2.29. The first-order valence-electron chi connectivity index (χ1n) is 12.9. The predicted molar refractivity (Wildman–Crippen MR) is 149 cm³/mol. The molecule has 0 aliphatic carbocycles. The highest BCUT2D eigenvalue weighted by molar-refractivity contribution is 5.90. The molecule has 0 saturated heterocycles. The number of benzene rings is 2. The van der Waals surface area contributed by atoms with Gasteiger partial charge in [0.2, 0.25) is 5.91 Å². The van der Waals surface area contributed by atoms with Gasteiger partial charge in [-0.1, -0.05) is 57.2 Å². The van der Waals surface area contributed by atoms with Crippen molar-refractivity contribution in [2.24, 2.45) is 5.41 Å². The van der Waals surface area contributed by atoms with Crippen molar-refractivity contribution in [3.05, 3.63) is 59.7 Å². The van der Waals surface area contributed by atoms with Crippen LogP contribution in [0.3, 0.4) is 0 Å². The molecule has 0 fully saturated rings. The van der Waals surface area contributed by atoms with E-state index in [1.165, 1.54) is 14.2 Å². The predicted octanol–water partition coefficient (Wildman–Crippen LogP) is 4.80. The minimum absolute atomic E-state index is 0.0551. The summed E-state index contributed by atoms with van der Waals surface area (Å²) in [4.78, 5) is 39.3. The van der Waals surface area contributed by atoms with Gasteiger partial charge in [0.15, 0.2) is 11.5 Å². The van der Waals surface area contributed by atoms with Gasteiger partial charge in [-0.2, -0.15) is 0 Å². The number of alkyl carbamates (subject to hydrolysis) is 1. The number of carbonyl (C=O) groups excluding carboxylic acids is 3. The van der Waals surface area contributed by atoms with E-state index in [1.807, 2.05) is 51.1 Å². The maximum Gasteiger partial charge on any atom is 0.408 e. The van der Waals surface area contributed by atoms with Crippen LogP contribution in [-0.2, 0) is 32.1 Å². The molecule has 0 heterocycles. The topological polar surface area (TPSA) is 112 Å². The van der Waals surface area contributed by atoms with Crippen molar-refractivity contribution in [1.82, 2.24) is 10.6 Å². The number of esters is 1. The van der Waals surface area contributed by atoms with E-state index in [9.17, 15) is 14.4 Å². The molecule has 2 atom stereocenters. The van der Waals surface area contributed by atoms with Crippen LogP contribution in [-0.4, -0.2) is 49.9 Å². The number of rotatable bonds is 11. The van der Waals surface area contributed by atoms with Gasteiger partial charge in [0, 0.05) is 6.42 Å². The van der Waals surface area contributed by atoms with Crippen molar-refractivity contribution in [3.63, 3.8) is 0 Å². The largest absolute Gasteiger partial charge is 0.493 e. The molecule has 39 heavy (non-hydrogen) atoms. The molecule has 2 rings (SSSR count). The summed E-state index contributed by atoms with van der Waals surface area (Å²) in [6.07, 6.45) is -0.260. The van der Waals surface area contributed by atoms with Crippen LogP contribution in [0, 0.1) is 5.41 Å². The van der Waals surface area contributed by atoms with E-state index in [0.717, 1.165) is 11.1 Å². The Morgan fingerprint density at radius 2 is 1.44 bits per heavy atom. The Hall–Kier alpha value is -3.75. The van der Waals surface area contributed by atoms with Crippen molar-refractivity contribution in [1.29, 1.82) is 0 Å². The van der Waals surface area contributed by atoms with E-state index in [1.54, 1.807) is 39.0 Å². The van der Waals surface area contributed by atoms with Gasteiger partial charge in [0.1, 0.15) is 24.3 Å². The normalized spacial score (nSPS) is 13.0. The van der Waals surface area contributed by atoms with Crippen molar-refractivity contribution in [2.75, 3.05) is 14.2 Å². The zero-order valence-corrected chi connectivity index (χ0v) is 24.3. The molecule has 2 N–H and O–H groups in total. The average Bonchev–Trinajstić information content (AvgIpc) is 2.85. The number of hydrogen-bond acceptors (Lipinski definition) is 7. The molecule has 0 aliphatic heterocycles. The third-order valence-corrected chi connectivity index (χ3v) is 5.54. The van der Waals surface area contributed by atoms with Crippen molar-refractivity contribution >= 4 is 18.0 Å². The SMILES string of the molecule is COc1ccc(C[C@H](NC(=O)[C@@H](CC(C)(C)C)NC(=O)OC(C)(C)C)C(=O)OCc2ccccc2)cc1OC. The molecule has 0 spiro atoms. The average molecular weight is 543 g/mol. The monoisotopic (exact) mass is 542 g/mol. The number of carbonyl (C=O) groups is 3. The van der Waals surface area contributed by atoms with Gasteiger partial charge < -0.3 is 29.6 Å². The van der Waals surface area contributed by atoms with Crippen LogP contribution in [0.2, 0.25) is 0 Å². The molecule has 2 aromatic carbocycles. The van der Waals surface area contributed by atoms with Gasteiger partial charge in [0.25, 0.3) is 0 Å². The summed E-state index contributed by atoms with van der Waals surface area (Å²) in [5.74, 6) is -0.0816. The zero-order chi connectivity index (χ0) is 29.2. The second kappa shape index (κ2) is 13.9. The van der Waals surface area contributed by atoms with Gasteiger partial charge in [-0.3, -0.25) is 4.79 Å². The molecule has 0 aromatic heterocycles. The number of nitrogens with one attached hydrogen (secondary N) is 2. The quantitative estimate of drug-likeness (QED) is 0.392. The third kappa shape index (κ3) is 11.3.